The number of hydrogen-bond donors (Lipinski definition) is 1. The lowest BCUT2D eigenvalue weighted by molar-refractivity contribution is -0.858. The van der Waals surface area contributed by atoms with E-state index in [9.17, 15) is 17.6 Å². The van der Waals surface area contributed by atoms with E-state index in [-0.39, 0.29) is 35.2 Å². The molecular formula is C22H26ClFN3O3S2+. The minimum atomic E-state index is -3.50. The second-order valence-electron chi connectivity index (χ2n) is 7.84. The van der Waals surface area contributed by atoms with E-state index >= 15 is 0 Å². The molecule has 0 saturated heterocycles. The molecule has 3 aromatic rings. The Morgan fingerprint density at radius 1 is 1.16 bits per heavy atom. The number of hydrogen-bond acceptors (Lipinski definition) is 5. The SMILES string of the molecule is C[NH+](C)CCCN(C(=O)CCCS(=O)(=O)c1ccc(Cl)cc1)c1nc2ccc(F)cc2s1. The maximum absolute atomic E-state index is 13.6. The fraction of sp³-hybridized carbons (Fsp3) is 0.364. The van der Waals surface area contributed by atoms with Crippen molar-refractivity contribution in [2.45, 2.75) is 24.2 Å². The molecule has 32 heavy (non-hydrogen) atoms. The molecule has 10 heteroatoms. The van der Waals surface area contributed by atoms with Crippen LogP contribution in [-0.2, 0) is 14.6 Å². The molecule has 0 saturated carbocycles. The maximum atomic E-state index is 13.6. The van der Waals surface area contributed by atoms with E-state index in [1.54, 1.807) is 11.0 Å². The molecule has 1 heterocycles. The van der Waals surface area contributed by atoms with Gasteiger partial charge in [-0.15, -0.1) is 0 Å². The maximum Gasteiger partial charge on any atom is 0.228 e. The van der Waals surface area contributed by atoms with Gasteiger partial charge in [-0.05, 0) is 48.9 Å². The van der Waals surface area contributed by atoms with Crippen LogP contribution in [0.25, 0.3) is 10.2 Å². The van der Waals surface area contributed by atoms with E-state index in [4.69, 9.17) is 11.6 Å². The number of aromatic nitrogens is 1. The number of carbonyl (C=O) groups excluding carboxylic acids is 1. The van der Waals surface area contributed by atoms with Crippen LogP contribution >= 0.6 is 22.9 Å². The van der Waals surface area contributed by atoms with Gasteiger partial charge in [0.05, 0.1) is 41.5 Å². The predicted octanol–water partition coefficient (Wildman–Crippen LogP) is 3.21. The fourth-order valence-corrected chi connectivity index (χ4v) is 5.70. The molecule has 3 rings (SSSR count). The first-order valence-corrected chi connectivity index (χ1v) is 13.1. The van der Waals surface area contributed by atoms with Crippen LogP contribution in [0.15, 0.2) is 47.4 Å². The number of nitrogens with one attached hydrogen (secondary N) is 1. The van der Waals surface area contributed by atoms with Gasteiger partial charge >= 0.3 is 0 Å². The highest BCUT2D eigenvalue weighted by Gasteiger charge is 2.22. The minimum absolute atomic E-state index is 0.0753. The van der Waals surface area contributed by atoms with Gasteiger partial charge in [0.15, 0.2) is 15.0 Å². The zero-order valence-corrected chi connectivity index (χ0v) is 20.4. The largest absolute Gasteiger partial charge is 0.340 e. The van der Waals surface area contributed by atoms with Crippen LogP contribution in [0, 0.1) is 5.82 Å². The molecule has 1 amide bonds. The number of quaternary nitrogens is 1. The zero-order valence-electron chi connectivity index (χ0n) is 18.0. The first-order chi connectivity index (χ1) is 15.2. The van der Waals surface area contributed by atoms with Gasteiger partial charge < -0.3 is 4.90 Å². The normalized spacial score (nSPS) is 11.9. The van der Waals surface area contributed by atoms with Crippen LogP contribution in [0.1, 0.15) is 19.3 Å². The number of nitrogens with zero attached hydrogens (tertiary/aromatic N) is 2. The Hall–Kier alpha value is -2.07. The van der Waals surface area contributed by atoms with Crippen molar-refractivity contribution in [1.29, 1.82) is 0 Å². The van der Waals surface area contributed by atoms with E-state index in [0.29, 0.717) is 26.9 Å². The van der Waals surface area contributed by atoms with Crippen molar-refractivity contribution in [2.24, 2.45) is 0 Å². The number of rotatable bonds is 10. The molecule has 0 atom stereocenters. The standard InChI is InChI=1S/C22H25ClFN3O3S2/c1-26(2)12-4-13-27(22-25-19-11-8-17(24)15-20(19)31-22)21(28)5-3-14-32(29,30)18-9-6-16(23)7-10-18/h6-11,15H,3-5,12-14H2,1-2H3/p+1. The first kappa shape index (κ1) is 24.6. The lowest BCUT2D eigenvalue weighted by Gasteiger charge is -2.20. The van der Waals surface area contributed by atoms with Crippen molar-refractivity contribution in [3.8, 4) is 0 Å². The van der Waals surface area contributed by atoms with E-state index < -0.39 is 9.84 Å². The summed E-state index contributed by atoms with van der Waals surface area (Å²) in [5.74, 6) is -0.681. The smallest absolute Gasteiger partial charge is 0.228 e. The van der Waals surface area contributed by atoms with Crippen molar-refractivity contribution in [3.63, 3.8) is 0 Å². The van der Waals surface area contributed by atoms with Crippen molar-refractivity contribution in [3.05, 3.63) is 53.3 Å². The second kappa shape index (κ2) is 10.7. The molecule has 0 aliphatic rings. The molecule has 0 unspecified atom stereocenters. The molecule has 172 valence electrons. The van der Waals surface area contributed by atoms with Gasteiger partial charge in [-0.2, -0.15) is 0 Å². The molecule has 0 fully saturated rings. The van der Waals surface area contributed by atoms with Gasteiger partial charge in [0.2, 0.25) is 5.91 Å². The van der Waals surface area contributed by atoms with Crippen molar-refractivity contribution < 1.29 is 22.5 Å². The number of thiazole rings is 1. The van der Waals surface area contributed by atoms with Crippen LogP contribution in [0.2, 0.25) is 5.02 Å². The van der Waals surface area contributed by atoms with Crippen LogP contribution in [-0.4, -0.2) is 52.2 Å². The lowest BCUT2D eigenvalue weighted by Crippen LogP contribution is -3.05. The predicted molar refractivity (Wildman–Crippen MR) is 127 cm³/mol. The third-order valence-electron chi connectivity index (χ3n) is 4.91. The average Bonchev–Trinajstić information content (AvgIpc) is 3.13. The van der Waals surface area contributed by atoms with Gasteiger partial charge in [0.25, 0.3) is 0 Å². The number of carbonyl (C=O) groups is 1. The number of anilines is 1. The van der Waals surface area contributed by atoms with E-state index in [1.807, 2.05) is 14.1 Å². The summed E-state index contributed by atoms with van der Waals surface area (Å²) in [4.78, 5) is 20.6. The van der Waals surface area contributed by atoms with Gasteiger partial charge in [0, 0.05) is 24.4 Å². The highest BCUT2D eigenvalue weighted by Crippen LogP contribution is 2.30. The summed E-state index contributed by atoms with van der Waals surface area (Å²) in [6, 6.07) is 10.3. The van der Waals surface area contributed by atoms with Crippen molar-refractivity contribution in [2.75, 3.05) is 37.8 Å². The summed E-state index contributed by atoms with van der Waals surface area (Å²) in [5, 5.41) is 0.968. The summed E-state index contributed by atoms with van der Waals surface area (Å²) in [6.07, 6.45) is 1.03. The Labute approximate surface area is 196 Å². The molecule has 0 radical (unpaired) electrons. The monoisotopic (exact) mass is 498 g/mol. The third kappa shape index (κ3) is 6.48. The molecule has 1 N–H and O–H groups in total. The fourth-order valence-electron chi connectivity index (χ4n) is 3.23. The third-order valence-corrected chi connectivity index (χ3v) is 8.02. The summed E-state index contributed by atoms with van der Waals surface area (Å²) in [6.45, 7) is 1.34. The molecule has 6 nitrogen and oxygen atoms in total. The second-order valence-corrected chi connectivity index (χ2v) is 11.4. The van der Waals surface area contributed by atoms with Crippen LogP contribution in [0.4, 0.5) is 9.52 Å². The van der Waals surface area contributed by atoms with Crippen LogP contribution in [0.3, 0.4) is 0 Å². The molecule has 0 aliphatic heterocycles. The van der Waals surface area contributed by atoms with Gasteiger partial charge in [-0.25, -0.2) is 17.8 Å². The Kier molecular flexibility index (Phi) is 8.21. The number of fused-ring (bicyclic) bond motifs is 1. The molecular weight excluding hydrogens is 473 g/mol. The lowest BCUT2D eigenvalue weighted by atomic mass is 10.3. The van der Waals surface area contributed by atoms with Gasteiger partial charge in [0.1, 0.15) is 5.82 Å². The topological polar surface area (TPSA) is 71.8 Å². The van der Waals surface area contributed by atoms with Gasteiger partial charge in [-0.3, -0.25) is 9.69 Å². The van der Waals surface area contributed by atoms with E-state index in [1.165, 1.54) is 52.6 Å². The highest BCUT2D eigenvalue weighted by molar-refractivity contribution is 7.91. The summed E-state index contributed by atoms with van der Waals surface area (Å²) < 4.78 is 39.3. The Balaban J connectivity index is 1.70. The van der Waals surface area contributed by atoms with Crippen LogP contribution < -0.4 is 9.80 Å². The number of amides is 1. The quantitative estimate of drug-likeness (QED) is 0.466. The van der Waals surface area contributed by atoms with Crippen molar-refractivity contribution in [1.82, 2.24) is 4.98 Å². The Bertz CT molecular complexity index is 1180. The minimum Gasteiger partial charge on any atom is -0.340 e. The Morgan fingerprint density at radius 3 is 2.56 bits per heavy atom. The Morgan fingerprint density at radius 2 is 1.88 bits per heavy atom. The highest BCUT2D eigenvalue weighted by atomic mass is 35.5. The summed E-state index contributed by atoms with van der Waals surface area (Å²) >= 11 is 7.09. The average molecular weight is 499 g/mol. The molecule has 0 aliphatic carbocycles. The van der Waals surface area contributed by atoms with Crippen molar-refractivity contribution >= 4 is 54.0 Å². The zero-order chi connectivity index (χ0) is 23.3. The molecule has 0 bridgehead atoms. The number of sulfone groups is 1. The first-order valence-electron chi connectivity index (χ1n) is 10.3. The summed E-state index contributed by atoms with van der Waals surface area (Å²) in [7, 11) is 0.568. The molecule has 0 spiro atoms. The van der Waals surface area contributed by atoms with Crippen LogP contribution in [0.5, 0.6) is 0 Å². The number of benzene rings is 2. The summed E-state index contributed by atoms with van der Waals surface area (Å²) in [5.41, 5.74) is 0.632. The van der Waals surface area contributed by atoms with E-state index in [2.05, 4.69) is 4.98 Å². The molecule has 2 aromatic carbocycles. The van der Waals surface area contributed by atoms with Gasteiger partial charge in [-0.1, -0.05) is 22.9 Å². The molecule has 1 aromatic heterocycles. The number of halogens is 2. The van der Waals surface area contributed by atoms with E-state index in [0.717, 1.165) is 13.0 Å².